The van der Waals surface area contributed by atoms with Crippen molar-refractivity contribution in [2.45, 2.75) is 6.04 Å². The second-order valence-electron chi connectivity index (χ2n) is 6.56. The quantitative estimate of drug-likeness (QED) is 0.404. The van der Waals surface area contributed by atoms with Gasteiger partial charge in [-0.25, -0.2) is 8.78 Å². The number of hydrogen-bond donors (Lipinski definition) is 1. The van der Waals surface area contributed by atoms with Crippen LogP contribution in [0.15, 0.2) is 84.4 Å². The summed E-state index contributed by atoms with van der Waals surface area (Å²) in [5, 5.41) is 10.8. The van der Waals surface area contributed by atoms with Gasteiger partial charge in [0.05, 0.1) is 11.6 Å². The smallest absolute Gasteiger partial charge is 0.300 e. The van der Waals surface area contributed by atoms with E-state index in [0.717, 1.165) is 12.1 Å². The van der Waals surface area contributed by atoms with Gasteiger partial charge in [-0.1, -0.05) is 30.3 Å². The average Bonchev–Trinajstić information content (AvgIpc) is 3.00. The number of halogens is 2. The van der Waals surface area contributed by atoms with Crippen LogP contribution in [0, 0.1) is 11.6 Å². The number of rotatable bonds is 3. The molecule has 144 valence electrons. The number of benzene rings is 3. The molecule has 0 aliphatic carbocycles. The fraction of sp³-hybridized carbons (Fsp3) is 0.0435. The van der Waals surface area contributed by atoms with Gasteiger partial charge in [0.25, 0.3) is 11.7 Å². The third kappa shape index (κ3) is 3.29. The lowest BCUT2D eigenvalue weighted by atomic mass is 9.95. The van der Waals surface area contributed by atoms with Crippen molar-refractivity contribution in [3.05, 3.63) is 107 Å². The van der Waals surface area contributed by atoms with Crippen LogP contribution in [0.3, 0.4) is 0 Å². The van der Waals surface area contributed by atoms with Crippen molar-refractivity contribution in [2.75, 3.05) is 4.90 Å². The Balaban J connectivity index is 1.94. The van der Waals surface area contributed by atoms with Crippen LogP contribution in [0.25, 0.3) is 5.76 Å². The second kappa shape index (κ2) is 7.31. The highest BCUT2D eigenvalue weighted by Crippen LogP contribution is 2.42. The van der Waals surface area contributed by atoms with Gasteiger partial charge in [0, 0.05) is 11.3 Å². The Morgan fingerprint density at radius 2 is 1.34 bits per heavy atom. The van der Waals surface area contributed by atoms with E-state index in [4.69, 9.17) is 0 Å². The molecule has 1 aliphatic heterocycles. The maximum Gasteiger partial charge on any atom is 0.300 e. The molecule has 4 rings (SSSR count). The van der Waals surface area contributed by atoms with Crippen molar-refractivity contribution in [3.8, 4) is 0 Å². The number of aliphatic hydroxyl groups excluding tert-OH is 1. The summed E-state index contributed by atoms with van der Waals surface area (Å²) in [5.41, 5.74) is 0.974. The summed E-state index contributed by atoms with van der Waals surface area (Å²) in [6, 6.07) is 17.9. The van der Waals surface area contributed by atoms with Gasteiger partial charge in [-0.05, 0) is 54.1 Å². The SMILES string of the molecule is O=C1C(=O)N(c2ccccc2)C(c2ccc(F)cc2)/C1=C(/O)c1ccc(F)cc1. The van der Waals surface area contributed by atoms with Gasteiger partial charge in [-0.2, -0.15) is 0 Å². The van der Waals surface area contributed by atoms with Crippen molar-refractivity contribution >= 4 is 23.1 Å². The molecule has 6 heteroatoms. The van der Waals surface area contributed by atoms with Crippen molar-refractivity contribution in [3.63, 3.8) is 0 Å². The molecule has 4 nitrogen and oxygen atoms in total. The van der Waals surface area contributed by atoms with Gasteiger partial charge in [0.1, 0.15) is 17.4 Å². The highest BCUT2D eigenvalue weighted by atomic mass is 19.1. The molecule has 1 heterocycles. The highest BCUT2D eigenvalue weighted by Gasteiger charge is 2.46. The number of aliphatic hydroxyl groups is 1. The van der Waals surface area contributed by atoms with Crippen LogP contribution in [0.2, 0.25) is 0 Å². The Labute approximate surface area is 165 Å². The van der Waals surface area contributed by atoms with Crippen molar-refractivity contribution < 1.29 is 23.5 Å². The Morgan fingerprint density at radius 3 is 1.93 bits per heavy atom. The zero-order valence-electron chi connectivity index (χ0n) is 15.0. The fourth-order valence-electron chi connectivity index (χ4n) is 3.41. The van der Waals surface area contributed by atoms with Crippen LogP contribution in [0.1, 0.15) is 17.2 Å². The minimum Gasteiger partial charge on any atom is -0.507 e. The third-order valence-corrected chi connectivity index (χ3v) is 4.78. The molecule has 1 N–H and O–H groups in total. The van der Waals surface area contributed by atoms with Crippen LogP contribution in [-0.2, 0) is 9.59 Å². The lowest BCUT2D eigenvalue weighted by molar-refractivity contribution is -0.132. The number of carbonyl (C=O) groups is 2. The lowest BCUT2D eigenvalue weighted by Gasteiger charge is -2.25. The first-order valence-electron chi connectivity index (χ1n) is 8.85. The van der Waals surface area contributed by atoms with Crippen LogP contribution in [0.4, 0.5) is 14.5 Å². The molecule has 1 saturated heterocycles. The molecule has 1 aliphatic rings. The van der Waals surface area contributed by atoms with Gasteiger partial charge in [0.2, 0.25) is 0 Å². The molecule has 0 aromatic heterocycles. The van der Waals surface area contributed by atoms with Crippen molar-refractivity contribution in [1.29, 1.82) is 0 Å². The van der Waals surface area contributed by atoms with E-state index in [9.17, 15) is 23.5 Å². The zero-order chi connectivity index (χ0) is 20.5. The predicted octanol–water partition coefficient (Wildman–Crippen LogP) is 4.59. The molecule has 0 radical (unpaired) electrons. The standard InChI is InChI=1S/C23H15F2NO3/c24-16-10-6-14(7-11-16)20-19(21(27)15-8-12-17(25)13-9-15)22(28)23(29)26(20)18-4-2-1-3-5-18/h1-13,20,27H/b21-19-. The second-order valence-corrected chi connectivity index (χ2v) is 6.56. The first-order chi connectivity index (χ1) is 14.0. The fourth-order valence-corrected chi connectivity index (χ4v) is 3.41. The van der Waals surface area contributed by atoms with Gasteiger partial charge in [-0.3, -0.25) is 14.5 Å². The number of nitrogens with zero attached hydrogens (tertiary/aromatic N) is 1. The number of Topliss-reactive ketones (excluding diaryl/α,β-unsaturated/α-hetero) is 1. The average molecular weight is 391 g/mol. The largest absolute Gasteiger partial charge is 0.507 e. The van der Waals surface area contributed by atoms with Gasteiger partial charge >= 0.3 is 0 Å². The monoisotopic (exact) mass is 391 g/mol. The summed E-state index contributed by atoms with van der Waals surface area (Å²) in [6.07, 6.45) is 0. The molecular formula is C23H15F2NO3. The van der Waals surface area contributed by atoms with Crippen LogP contribution >= 0.6 is 0 Å². The van der Waals surface area contributed by atoms with E-state index in [0.29, 0.717) is 11.3 Å². The topological polar surface area (TPSA) is 57.6 Å². The minimum absolute atomic E-state index is 0.142. The Morgan fingerprint density at radius 1 is 0.793 bits per heavy atom. The van der Waals surface area contributed by atoms with E-state index in [1.165, 1.54) is 41.3 Å². The molecule has 1 fully saturated rings. The molecule has 3 aromatic carbocycles. The summed E-state index contributed by atoms with van der Waals surface area (Å²) < 4.78 is 26.7. The third-order valence-electron chi connectivity index (χ3n) is 4.78. The Kier molecular flexibility index (Phi) is 4.68. The Bertz CT molecular complexity index is 1110. The predicted molar refractivity (Wildman–Crippen MR) is 104 cm³/mol. The summed E-state index contributed by atoms with van der Waals surface area (Å²) in [5.74, 6) is -3.07. The molecule has 29 heavy (non-hydrogen) atoms. The summed E-state index contributed by atoms with van der Waals surface area (Å²) in [7, 11) is 0. The molecular weight excluding hydrogens is 376 g/mol. The van der Waals surface area contributed by atoms with E-state index in [1.807, 2.05) is 0 Å². The number of para-hydroxylation sites is 1. The lowest BCUT2D eigenvalue weighted by Crippen LogP contribution is -2.29. The molecule has 1 unspecified atom stereocenters. The molecule has 0 spiro atoms. The summed E-state index contributed by atoms with van der Waals surface area (Å²) >= 11 is 0. The number of anilines is 1. The normalized spacial score (nSPS) is 18.3. The van der Waals surface area contributed by atoms with Crippen molar-refractivity contribution in [2.24, 2.45) is 0 Å². The summed E-state index contributed by atoms with van der Waals surface area (Å²) in [4.78, 5) is 27.0. The minimum atomic E-state index is -0.956. The number of amides is 1. The van der Waals surface area contributed by atoms with E-state index >= 15 is 0 Å². The van der Waals surface area contributed by atoms with E-state index in [-0.39, 0.29) is 11.1 Å². The molecule has 1 atom stereocenters. The summed E-state index contributed by atoms with van der Waals surface area (Å²) in [6.45, 7) is 0. The molecule has 1 amide bonds. The van der Waals surface area contributed by atoms with E-state index in [1.54, 1.807) is 30.3 Å². The molecule has 0 saturated carbocycles. The van der Waals surface area contributed by atoms with E-state index < -0.39 is 35.1 Å². The maximum atomic E-state index is 13.5. The number of ketones is 1. The maximum absolute atomic E-state index is 13.5. The van der Waals surface area contributed by atoms with Crippen LogP contribution < -0.4 is 4.90 Å². The first-order valence-corrected chi connectivity index (χ1v) is 8.85. The highest BCUT2D eigenvalue weighted by molar-refractivity contribution is 6.51. The molecule has 0 bridgehead atoms. The number of hydrogen-bond acceptors (Lipinski definition) is 3. The first kappa shape index (κ1) is 18.6. The van der Waals surface area contributed by atoms with Gasteiger partial charge < -0.3 is 5.11 Å². The van der Waals surface area contributed by atoms with Crippen LogP contribution in [-0.4, -0.2) is 16.8 Å². The van der Waals surface area contributed by atoms with Gasteiger partial charge in [0.15, 0.2) is 0 Å². The molecule has 3 aromatic rings. The zero-order valence-corrected chi connectivity index (χ0v) is 15.0. The number of carbonyl (C=O) groups excluding carboxylic acids is 2. The van der Waals surface area contributed by atoms with Crippen LogP contribution in [0.5, 0.6) is 0 Å². The van der Waals surface area contributed by atoms with Gasteiger partial charge in [-0.15, -0.1) is 0 Å². The van der Waals surface area contributed by atoms with Crippen molar-refractivity contribution in [1.82, 2.24) is 0 Å². The van der Waals surface area contributed by atoms with E-state index in [2.05, 4.69) is 0 Å². The Hall–Kier alpha value is -3.80.